The fourth-order valence-corrected chi connectivity index (χ4v) is 2.46. The SMILES string of the molecule is CC(NC(=O)NCc1cccnc1)c1ccccc1Br. The summed E-state index contributed by atoms with van der Waals surface area (Å²) >= 11 is 3.48. The van der Waals surface area contributed by atoms with Crippen LogP contribution in [0.2, 0.25) is 0 Å². The number of benzene rings is 1. The normalized spacial score (nSPS) is 11.7. The number of carbonyl (C=O) groups excluding carboxylic acids is 1. The molecule has 2 amide bonds. The maximum atomic E-state index is 11.9. The van der Waals surface area contributed by atoms with Gasteiger partial charge in [0.25, 0.3) is 0 Å². The van der Waals surface area contributed by atoms with Crippen molar-refractivity contribution in [1.82, 2.24) is 15.6 Å². The molecule has 0 saturated carbocycles. The molecule has 5 heteroatoms. The molecule has 0 fully saturated rings. The Labute approximate surface area is 126 Å². The van der Waals surface area contributed by atoms with Crippen LogP contribution in [0.3, 0.4) is 0 Å². The summed E-state index contributed by atoms with van der Waals surface area (Å²) in [5.74, 6) is 0. The first-order chi connectivity index (χ1) is 9.66. The molecule has 4 nitrogen and oxygen atoms in total. The van der Waals surface area contributed by atoms with E-state index in [1.807, 2.05) is 43.3 Å². The first kappa shape index (κ1) is 14.5. The lowest BCUT2D eigenvalue weighted by Gasteiger charge is -2.16. The van der Waals surface area contributed by atoms with E-state index in [9.17, 15) is 4.79 Å². The molecule has 0 aliphatic carbocycles. The van der Waals surface area contributed by atoms with E-state index in [4.69, 9.17) is 0 Å². The Morgan fingerprint density at radius 1 is 1.30 bits per heavy atom. The minimum Gasteiger partial charge on any atom is -0.334 e. The molecule has 0 aliphatic heterocycles. The highest BCUT2D eigenvalue weighted by atomic mass is 79.9. The second kappa shape index (κ2) is 7.05. The van der Waals surface area contributed by atoms with Crippen LogP contribution in [0.15, 0.2) is 53.3 Å². The summed E-state index contributed by atoms with van der Waals surface area (Å²) in [5.41, 5.74) is 2.01. The summed E-state index contributed by atoms with van der Waals surface area (Å²) in [6.45, 7) is 2.41. The smallest absolute Gasteiger partial charge is 0.315 e. The fourth-order valence-electron chi connectivity index (χ4n) is 1.84. The molecule has 2 aromatic rings. The van der Waals surface area contributed by atoms with Crippen LogP contribution < -0.4 is 10.6 Å². The molecule has 0 aliphatic rings. The van der Waals surface area contributed by atoms with E-state index in [-0.39, 0.29) is 12.1 Å². The van der Waals surface area contributed by atoms with Crippen molar-refractivity contribution in [2.45, 2.75) is 19.5 Å². The third-order valence-corrected chi connectivity index (χ3v) is 3.62. The predicted molar refractivity (Wildman–Crippen MR) is 82.2 cm³/mol. The van der Waals surface area contributed by atoms with Gasteiger partial charge in [-0.05, 0) is 30.2 Å². The van der Waals surface area contributed by atoms with E-state index in [1.54, 1.807) is 12.4 Å². The molecule has 1 unspecified atom stereocenters. The van der Waals surface area contributed by atoms with Crippen molar-refractivity contribution in [2.24, 2.45) is 0 Å². The maximum Gasteiger partial charge on any atom is 0.315 e. The lowest BCUT2D eigenvalue weighted by molar-refractivity contribution is 0.237. The van der Waals surface area contributed by atoms with E-state index in [1.165, 1.54) is 0 Å². The molecular formula is C15H16BrN3O. The number of hydrogen-bond acceptors (Lipinski definition) is 2. The van der Waals surface area contributed by atoms with E-state index in [2.05, 4.69) is 31.5 Å². The van der Waals surface area contributed by atoms with Crippen molar-refractivity contribution in [3.63, 3.8) is 0 Å². The molecule has 2 N–H and O–H groups in total. The van der Waals surface area contributed by atoms with Crippen molar-refractivity contribution in [3.8, 4) is 0 Å². The van der Waals surface area contributed by atoms with Crippen LogP contribution in [0, 0.1) is 0 Å². The molecule has 20 heavy (non-hydrogen) atoms. The lowest BCUT2D eigenvalue weighted by Crippen LogP contribution is -2.36. The van der Waals surface area contributed by atoms with Crippen LogP contribution >= 0.6 is 15.9 Å². The number of halogens is 1. The number of nitrogens with one attached hydrogen (secondary N) is 2. The Bertz CT molecular complexity index is 574. The number of aromatic nitrogens is 1. The number of rotatable bonds is 4. The van der Waals surface area contributed by atoms with Gasteiger partial charge in [-0.15, -0.1) is 0 Å². The van der Waals surface area contributed by atoms with Crippen LogP contribution in [-0.4, -0.2) is 11.0 Å². The third-order valence-electron chi connectivity index (χ3n) is 2.90. The minimum atomic E-state index is -0.197. The van der Waals surface area contributed by atoms with Gasteiger partial charge in [-0.25, -0.2) is 4.79 Å². The van der Waals surface area contributed by atoms with Crippen molar-refractivity contribution >= 4 is 22.0 Å². The van der Waals surface area contributed by atoms with Gasteiger partial charge < -0.3 is 10.6 Å². The number of hydrogen-bond donors (Lipinski definition) is 2. The Hall–Kier alpha value is -1.88. The van der Waals surface area contributed by atoms with Gasteiger partial charge in [0.1, 0.15) is 0 Å². The highest BCUT2D eigenvalue weighted by Gasteiger charge is 2.11. The molecule has 0 spiro atoms. The average molecular weight is 334 g/mol. The molecule has 1 aromatic carbocycles. The molecule has 1 aromatic heterocycles. The van der Waals surface area contributed by atoms with Crippen LogP contribution in [0.5, 0.6) is 0 Å². The van der Waals surface area contributed by atoms with Gasteiger partial charge in [-0.3, -0.25) is 4.98 Å². The van der Waals surface area contributed by atoms with E-state index < -0.39 is 0 Å². The maximum absolute atomic E-state index is 11.9. The molecule has 1 atom stereocenters. The van der Waals surface area contributed by atoms with Crippen molar-refractivity contribution in [1.29, 1.82) is 0 Å². The summed E-state index contributed by atoms with van der Waals surface area (Å²) in [6.07, 6.45) is 3.44. The zero-order valence-electron chi connectivity index (χ0n) is 11.1. The largest absolute Gasteiger partial charge is 0.334 e. The summed E-state index contributed by atoms with van der Waals surface area (Å²) in [5, 5.41) is 5.72. The summed E-state index contributed by atoms with van der Waals surface area (Å²) < 4.78 is 0.986. The lowest BCUT2D eigenvalue weighted by atomic mass is 10.1. The highest BCUT2D eigenvalue weighted by molar-refractivity contribution is 9.10. The standard InChI is InChI=1S/C15H16BrN3O/c1-11(13-6-2-3-7-14(13)16)19-15(20)18-10-12-5-4-8-17-9-12/h2-9,11H,10H2,1H3,(H2,18,19,20). The van der Waals surface area contributed by atoms with E-state index in [0.717, 1.165) is 15.6 Å². The Balaban J connectivity index is 1.87. The van der Waals surface area contributed by atoms with Gasteiger partial charge in [-0.1, -0.05) is 40.2 Å². The molecule has 0 saturated heterocycles. The van der Waals surface area contributed by atoms with Gasteiger partial charge in [0.15, 0.2) is 0 Å². The second-order valence-electron chi connectivity index (χ2n) is 4.43. The average Bonchev–Trinajstić information content (AvgIpc) is 2.46. The van der Waals surface area contributed by atoms with Crippen molar-refractivity contribution in [2.75, 3.05) is 0 Å². The van der Waals surface area contributed by atoms with Crippen molar-refractivity contribution in [3.05, 3.63) is 64.4 Å². The molecular weight excluding hydrogens is 318 g/mol. The minimum absolute atomic E-state index is 0.0699. The number of urea groups is 1. The summed E-state index contributed by atoms with van der Waals surface area (Å²) in [7, 11) is 0. The number of carbonyl (C=O) groups is 1. The van der Waals surface area contributed by atoms with Gasteiger partial charge >= 0.3 is 6.03 Å². The number of nitrogens with zero attached hydrogens (tertiary/aromatic N) is 1. The molecule has 1 heterocycles. The first-order valence-electron chi connectivity index (χ1n) is 6.34. The van der Waals surface area contributed by atoms with Gasteiger partial charge in [0, 0.05) is 23.4 Å². The zero-order valence-corrected chi connectivity index (χ0v) is 12.7. The van der Waals surface area contributed by atoms with E-state index >= 15 is 0 Å². The quantitative estimate of drug-likeness (QED) is 0.900. The van der Waals surface area contributed by atoms with Crippen LogP contribution in [0.1, 0.15) is 24.1 Å². The molecule has 2 rings (SSSR count). The van der Waals surface area contributed by atoms with Crippen LogP contribution in [0.25, 0.3) is 0 Å². The van der Waals surface area contributed by atoms with Crippen molar-refractivity contribution < 1.29 is 4.79 Å². The molecule has 0 radical (unpaired) electrons. The van der Waals surface area contributed by atoms with Crippen LogP contribution in [0.4, 0.5) is 4.79 Å². The van der Waals surface area contributed by atoms with Gasteiger partial charge in [0.05, 0.1) is 6.04 Å². The molecule has 0 bridgehead atoms. The van der Waals surface area contributed by atoms with Gasteiger partial charge in [-0.2, -0.15) is 0 Å². The first-order valence-corrected chi connectivity index (χ1v) is 7.14. The Morgan fingerprint density at radius 3 is 2.80 bits per heavy atom. The Kier molecular flexibility index (Phi) is 5.12. The zero-order chi connectivity index (χ0) is 14.4. The molecule has 104 valence electrons. The fraction of sp³-hybridized carbons (Fsp3) is 0.200. The highest BCUT2D eigenvalue weighted by Crippen LogP contribution is 2.22. The van der Waals surface area contributed by atoms with E-state index in [0.29, 0.717) is 6.54 Å². The monoisotopic (exact) mass is 333 g/mol. The topological polar surface area (TPSA) is 54.0 Å². The Morgan fingerprint density at radius 2 is 2.10 bits per heavy atom. The third kappa shape index (κ3) is 4.06. The summed E-state index contributed by atoms with van der Waals surface area (Å²) in [6, 6.07) is 11.3. The number of amides is 2. The summed E-state index contributed by atoms with van der Waals surface area (Å²) in [4.78, 5) is 15.9. The predicted octanol–water partition coefficient (Wildman–Crippen LogP) is 3.40. The second-order valence-corrected chi connectivity index (χ2v) is 5.29. The van der Waals surface area contributed by atoms with Crippen LogP contribution in [-0.2, 0) is 6.54 Å². The van der Waals surface area contributed by atoms with Gasteiger partial charge in [0.2, 0.25) is 0 Å². The number of pyridine rings is 1.